The second-order valence-corrected chi connectivity index (χ2v) is 8.47. The van der Waals surface area contributed by atoms with Crippen molar-refractivity contribution in [2.45, 2.75) is 43.5 Å². The second kappa shape index (κ2) is 6.55. The molecule has 0 heterocycles. The van der Waals surface area contributed by atoms with E-state index in [1.807, 2.05) is 0 Å². The van der Waals surface area contributed by atoms with Crippen LogP contribution in [-0.4, -0.2) is 20.4 Å². The van der Waals surface area contributed by atoms with Gasteiger partial charge < -0.3 is 5.32 Å². The molecule has 0 radical (unpaired) electrons. The fourth-order valence-corrected chi connectivity index (χ4v) is 4.16. The van der Waals surface area contributed by atoms with Crippen molar-refractivity contribution < 1.29 is 13.2 Å². The van der Waals surface area contributed by atoms with Gasteiger partial charge >= 0.3 is 0 Å². The third kappa shape index (κ3) is 4.34. The predicted molar refractivity (Wildman–Crippen MR) is 83.4 cm³/mol. The minimum absolute atomic E-state index is 0.00726. The normalized spacial score (nSPS) is 22.8. The van der Waals surface area contributed by atoms with E-state index in [9.17, 15) is 13.2 Å². The fraction of sp³-hybridized carbons (Fsp3) is 0.500. The lowest BCUT2D eigenvalue weighted by Crippen LogP contribution is -2.38. The number of hydrogen-bond acceptors (Lipinski definition) is 3. The summed E-state index contributed by atoms with van der Waals surface area (Å²) in [5.41, 5.74) is 0.247. The molecule has 1 aliphatic carbocycles. The van der Waals surface area contributed by atoms with Crippen LogP contribution < -0.4 is 5.32 Å². The summed E-state index contributed by atoms with van der Waals surface area (Å²) in [6, 6.07) is 4.21. The molecule has 116 valence electrons. The van der Waals surface area contributed by atoms with Crippen LogP contribution in [0.2, 0.25) is 5.02 Å². The van der Waals surface area contributed by atoms with E-state index < -0.39 is 9.05 Å². The molecule has 7 heteroatoms. The molecule has 1 aromatic carbocycles. The van der Waals surface area contributed by atoms with Gasteiger partial charge in [-0.05, 0) is 37.0 Å². The van der Waals surface area contributed by atoms with E-state index in [2.05, 4.69) is 12.2 Å². The zero-order valence-corrected chi connectivity index (χ0v) is 13.9. The molecule has 1 amide bonds. The zero-order valence-electron chi connectivity index (χ0n) is 11.6. The second-order valence-electron chi connectivity index (χ2n) is 5.53. The Morgan fingerprint density at radius 3 is 2.67 bits per heavy atom. The Morgan fingerprint density at radius 1 is 1.33 bits per heavy atom. The van der Waals surface area contributed by atoms with Crippen LogP contribution in [0.1, 0.15) is 43.0 Å². The molecule has 1 aliphatic rings. The molecule has 0 bridgehead atoms. The van der Waals surface area contributed by atoms with E-state index in [-0.39, 0.29) is 27.4 Å². The number of amides is 1. The monoisotopic (exact) mass is 349 g/mol. The topological polar surface area (TPSA) is 63.2 Å². The van der Waals surface area contributed by atoms with Gasteiger partial charge in [-0.3, -0.25) is 4.79 Å². The summed E-state index contributed by atoms with van der Waals surface area (Å²) in [5.74, 6) is 0.292. The highest BCUT2D eigenvalue weighted by Crippen LogP contribution is 2.27. The molecular formula is C14H17Cl2NO3S. The van der Waals surface area contributed by atoms with Crippen LogP contribution >= 0.6 is 22.3 Å². The molecule has 1 N–H and O–H groups in total. The van der Waals surface area contributed by atoms with Crippen molar-refractivity contribution in [3.05, 3.63) is 28.8 Å². The zero-order chi connectivity index (χ0) is 15.6. The molecule has 2 unspecified atom stereocenters. The van der Waals surface area contributed by atoms with Crippen LogP contribution in [0.15, 0.2) is 23.1 Å². The lowest BCUT2D eigenvalue weighted by atomic mass is 9.87. The number of carbonyl (C=O) groups is 1. The average molecular weight is 350 g/mol. The summed E-state index contributed by atoms with van der Waals surface area (Å²) >= 11 is 5.80. The maximum atomic E-state index is 12.2. The summed E-state index contributed by atoms with van der Waals surface area (Å²) in [4.78, 5) is 12.0. The molecule has 1 saturated carbocycles. The number of hydrogen-bond donors (Lipinski definition) is 1. The van der Waals surface area contributed by atoms with Crippen LogP contribution in [0.25, 0.3) is 0 Å². The Hall–Kier alpha value is -0.780. The van der Waals surface area contributed by atoms with Crippen LogP contribution in [-0.2, 0) is 9.05 Å². The number of benzene rings is 1. The van der Waals surface area contributed by atoms with Gasteiger partial charge in [-0.2, -0.15) is 0 Å². The molecule has 4 nitrogen and oxygen atoms in total. The standard InChI is InChI=1S/C14H17Cl2NO3S/c1-9-3-2-4-11(7-9)17-14(18)10-5-6-12(15)13(8-10)21(16,19)20/h5-6,8-9,11H,2-4,7H2,1H3,(H,17,18). The summed E-state index contributed by atoms with van der Waals surface area (Å²) in [5, 5.41) is 2.95. The van der Waals surface area contributed by atoms with Gasteiger partial charge in [0.05, 0.1) is 5.02 Å². The lowest BCUT2D eigenvalue weighted by molar-refractivity contribution is 0.0921. The first-order valence-corrected chi connectivity index (χ1v) is 9.51. The predicted octanol–water partition coefficient (Wildman–Crippen LogP) is 3.58. The molecule has 1 fully saturated rings. The van der Waals surface area contributed by atoms with E-state index >= 15 is 0 Å². The van der Waals surface area contributed by atoms with Gasteiger partial charge in [-0.15, -0.1) is 0 Å². The molecule has 2 rings (SSSR count). The van der Waals surface area contributed by atoms with Crippen molar-refractivity contribution in [3.63, 3.8) is 0 Å². The number of nitrogens with one attached hydrogen (secondary N) is 1. The summed E-state index contributed by atoms with van der Waals surface area (Å²) in [6.45, 7) is 2.17. The van der Waals surface area contributed by atoms with Gasteiger partial charge in [0.2, 0.25) is 0 Å². The van der Waals surface area contributed by atoms with Crippen molar-refractivity contribution >= 4 is 37.2 Å². The minimum atomic E-state index is -3.97. The maximum Gasteiger partial charge on any atom is 0.262 e. The van der Waals surface area contributed by atoms with Gasteiger partial charge in [0.15, 0.2) is 0 Å². The minimum Gasteiger partial charge on any atom is -0.349 e. The molecule has 0 aliphatic heterocycles. The van der Waals surface area contributed by atoms with Crippen LogP contribution in [0.5, 0.6) is 0 Å². The SMILES string of the molecule is CC1CCCC(NC(=O)c2ccc(Cl)c(S(=O)(=O)Cl)c2)C1. The highest BCUT2D eigenvalue weighted by molar-refractivity contribution is 8.13. The quantitative estimate of drug-likeness (QED) is 0.848. The van der Waals surface area contributed by atoms with Gasteiger partial charge in [-0.25, -0.2) is 8.42 Å². The van der Waals surface area contributed by atoms with Crippen molar-refractivity contribution in [2.24, 2.45) is 5.92 Å². The summed E-state index contributed by atoms with van der Waals surface area (Å²) < 4.78 is 22.8. The molecule has 2 atom stereocenters. The molecule has 1 aromatic rings. The molecule has 0 spiro atoms. The molecule has 0 aromatic heterocycles. The maximum absolute atomic E-state index is 12.2. The van der Waals surface area contributed by atoms with Crippen molar-refractivity contribution in [1.29, 1.82) is 0 Å². The summed E-state index contributed by atoms with van der Waals surface area (Å²) in [7, 11) is 1.34. The van der Waals surface area contributed by atoms with Gasteiger partial charge in [0.25, 0.3) is 15.0 Å². The fourth-order valence-electron chi connectivity index (χ4n) is 2.67. The number of halogens is 2. The lowest BCUT2D eigenvalue weighted by Gasteiger charge is -2.27. The Labute approximate surface area is 134 Å². The summed E-state index contributed by atoms with van der Waals surface area (Å²) in [6.07, 6.45) is 4.17. The number of carbonyl (C=O) groups excluding carboxylic acids is 1. The van der Waals surface area contributed by atoms with E-state index in [1.54, 1.807) is 0 Å². The Morgan fingerprint density at radius 2 is 2.05 bits per heavy atom. The van der Waals surface area contributed by atoms with E-state index in [0.29, 0.717) is 5.92 Å². The van der Waals surface area contributed by atoms with Crippen LogP contribution in [0, 0.1) is 5.92 Å². The third-order valence-corrected chi connectivity index (χ3v) is 5.53. The Kier molecular flexibility index (Phi) is 5.17. The average Bonchev–Trinajstić information content (AvgIpc) is 2.37. The highest BCUT2D eigenvalue weighted by Gasteiger charge is 2.22. The Balaban J connectivity index is 2.16. The first-order chi connectivity index (χ1) is 9.77. The molecule has 21 heavy (non-hydrogen) atoms. The van der Waals surface area contributed by atoms with Crippen molar-refractivity contribution in [1.82, 2.24) is 5.32 Å². The van der Waals surface area contributed by atoms with Gasteiger partial charge in [0, 0.05) is 22.3 Å². The van der Waals surface area contributed by atoms with Gasteiger partial charge in [0.1, 0.15) is 4.90 Å². The largest absolute Gasteiger partial charge is 0.349 e. The van der Waals surface area contributed by atoms with E-state index in [4.69, 9.17) is 22.3 Å². The van der Waals surface area contributed by atoms with Crippen LogP contribution in [0.4, 0.5) is 0 Å². The van der Waals surface area contributed by atoms with Crippen LogP contribution in [0.3, 0.4) is 0 Å². The van der Waals surface area contributed by atoms with E-state index in [0.717, 1.165) is 19.3 Å². The van der Waals surface area contributed by atoms with Crippen molar-refractivity contribution in [3.8, 4) is 0 Å². The van der Waals surface area contributed by atoms with Crippen molar-refractivity contribution in [2.75, 3.05) is 0 Å². The Bertz CT molecular complexity index is 646. The highest BCUT2D eigenvalue weighted by atomic mass is 35.7. The smallest absolute Gasteiger partial charge is 0.262 e. The first kappa shape index (κ1) is 16.6. The number of rotatable bonds is 3. The molecule has 0 saturated heterocycles. The van der Waals surface area contributed by atoms with E-state index in [1.165, 1.54) is 24.6 Å². The van der Waals surface area contributed by atoms with Gasteiger partial charge in [-0.1, -0.05) is 31.4 Å². The molecular weight excluding hydrogens is 333 g/mol. The first-order valence-electron chi connectivity index (χ1n) is 6.82. The third-order valence-electron chi connectivity index (χ3n) is 3.73.